The Morgan fingerprint density at radius 1 is 1.55 bits per heavy atom. The average molecular weight is 147 g/mol. The van der Waals surface area contributed by atoms with Gasteiger partial charge in [-0.3, -0.25) is 0 Å². The van der Waals surface area contributed by atoms with Crippen LogP contribution in [0, 0.1) is 18.3 Å². The highest BCUT2D eigenvalue weighted by molar-refractivity contribution is 5.26. The molecule has 1 atom stereocenters. The molecule has 0 radical (unpaired) electrons. The van der Waals surface area contributed by atoms with Gasteiger partial charge in [-0.25, -0.2) is 0 Å². The molecule has 0 amide bonds. The maximum atomic E-state index is 9.09. The van der Waals surface area contributed by atoms with Gasteiger partial charge in [0.05, 0.1) is 6.07 Å². The zero-order chi connectivity index (χ0) is 8.27. The van der Waals surface area contributed by atoms with E-state index in [9.17, 15) is 0 Å². The third-order valence-corrected chi connectivity index (χ3v) is 1.48. The van der Waals surface area contributed by atoms with E-state index in [-0.39, 0.29) is 0 Å². The van der Waals surface area contributed by atoms with Gasteiger partial charge in [0.2, 0.25) is 0 Å². The van der Waals surface area contributed by atoms with Crippen molar-refractivity contribution in [3.63, 3.8) is 0 Å². The minimum Gasteiger partial charge on any atom is -0.374 e. The van der Waals surface area contributed by atoms with Crippen LogP contribution >= 0.6 is 0 Å². The maximum Gasteiger partial charge on any atom is 0.165 e. The van der Waals surface area contributed by atoms with Gasteiger partial charge in [-0.15, -0.1) is 0 Å². The summed E-state index contributed by atoms with van der Waals surface area (Å²) in [5.74, 6) is 0. The van der Waals surface area contributed by atoms with Crippen molar-refractivity contribution in [3.8, 4) is 6.07 Å². The zero-order valence-electron chi connectivity index (χ0n) is 6.28. The van der Waals surface area contributed by atoms with Crippen molar-refractivity contribution in [1.82, 2.24) is 0 Å². The van der Waals surface area contributed by atoms with Gasteiger partial charge < -0.3 is 5.11 Å². The van der Waals surface area contributed by atoms with Gasteiger partial charge in [-0.1, -0.05) is 29.8 Å². The van der Waals surface area contributed by atoms with Gasteiger partial charge in [-0.2, -0.15) is 5.26 Å². The van der Waals surface area contributed by atoms with Crippen LogP contribution in [0.5, 0.6) is 0 Å². The molecule has 0 aromatic heterocycles. The third-order valence-electron chi connectivity index (χ3n) is 1.48. The Balaban J connectivity index is 2.98. The monoisotopic (exact) mass is 147 g/mol. The molecule has 0 bridgehead atoms. The number of aliphatic hydroxyl groups excluding tert-OH is 1. The molecule has 0 saturated heterocycles. The van der Waals surface area contributed by atoms with Crippen LogP contribution in [-0.2, 0) is 0 Å². The molecule has 0 aliphatic rings. The first-order chi connectivity index (χ1) is 5.24. The van der Waals surface area contributed by atoms with Crippen molar-refractivity contribution in [2.45, 2.75) is 13.0 Å². The van der Waals surface area contributed by atoms with E-state index in [0.717, 1.165) is 5.56 Å². The summed E-state index contributed by atoms with van der Waals surface area (Å²) in [7, 11) is 0. The van der Waals surface area contributed by atoms with Crippen LogP contribution in [0.1, 0.15) is 17.2 Å². The molecule has 0 unspecified atom stereocenters. The lowest BCUT2D eigenvalue weighted by molar-refractivity contribution is 0.236. The fourth-order valence-corrected chi connectivity index (χ4v) is 0.915. The van der Waals surface area contributed by atoms with Crippen molar-refractivity contribution in [2.24, 2.45) is 0 Å². The first kappa shape index (κ1) is 7.77. The molecule has 2 nitrogen and oxygen atoms in total. The fourth-order valence-electron chi connectivity index (χ4n) is 0.915. The van der Waals surface area contributed by atoms with Crippen LogP contribution in [0.3, 0.4) is 0 Å². The summed E-state index contributed by atoms with van der Waals surface area (Å²) in [6.07, 6.45) is -0.991. The Morgan fingerprint density at radius 2 is 2.27 bits per heavy atom. The van der Waals surface area contributed by atoms with Crippen LogP contribution in [0.25, 0.3) is 0 Å². The highest BCUT2D eigenvalue weighted by Gasteiger charge is 2.03. The Bertz CT molecular complexity index is 288. The summed E-state index contributed by atoms with van der Waals surface area (Å²) in [6.45, 7) is 1.92. The molecule has 0 heterocycles. The number of hydrogen-bond donors (Lipinski definition) is 1. The van der Waals surface area contributed by atoms with Gasteiger partial charge in [0.15, 0.2) is 6.10 Å². The molecule has 56 valence electrons. The van der Waals surface area contributed by atoms with Crippen LogP contribution in [0.15, 0.2) is 24.3 Å². The van der Waals surface area contributed by atoms with Gasteiger partial charge in [0, 0.05) is 0 Å². The number of aliphatic hydroxyl groups is 1. The predicted octanol–water partition coefficient (Wildman–Crippen LogP) is 1.55. The molecule has 1 N–H and O–H groups in total. The summed E-state index contributed by atoms with van der Waals surface area (Å²) in [4.78, 5) is 0. The van der Waals surface area contributed by atoms with Crippen LogP contribution < -0.4 is 0 Å². The minimum absolute atomic E-state index is 0.660. The summed E-state index contributed by atoms with van der Waals surface area (Å²) < 4.78 is 0. The lowest BCUT2D eigenvalue weighted by Crippen LogP contribution is -1.92. The van der Waals surface area contributed by atoms with Gasteiger partial charge in [-0.05, 0) is 12.5 Å². The smallest absolute Gasteiger partial charge is 0.165 e. The molecule has 1 aromatic carbocycles. The molecule has 2 heteroatoms. The van der Waals surface area contributed by atoms with Crippen LogP contribution in [0.4, 0.5) is 0 Å². The number of rotatable bonds is 1. The van der Waals surface area contributed by atoms with Crippen LogP contribution in [0.2, 0.25) is 0 Å². The molecule has 0 aliphatic heterocycles. The third kappa shape index (κ3) is 1.79. The molecule has 1 aromatic rings. The van der Waals surface area contributed by atoms with E-state index < -0.39 is 6.10 Å². The number of aryl methyl sites for hydroxylation is 1. The molecular formula is C9H9NO. The molecule has 11 heavy (non-hydrogen) atoms. The SMILES string of the molecule is Cc1cccc([C@@H](O)C#N)c1. The summed E-state index contributed by atoms with van der Waals surface area (Å²) in [5, 5.41) is 17.5. The van der Waals surface area contributed by atoms with E-state index in [2.05, 4.69) is 0 Å². The second kappa shape index (κ2) is 3.18. The van der Waals surface area contributed by atoms with E-state index in [0.29, 0.717) is 5.56 Å². The van der Waals surface area contributed by atoms with Gasteiger partial charge in [0.1, 0.15) is 0 Å². The molecular weight excluding hydrogens is 138 g/mol. The minimum atomic E-state index is -0.991. The second-order valence-electron chi connectivity index (χ2n) is 2.45. The average Bonchev–Trinajstić information content (AvgIpc) is 2.03. The van der Waals surface area contributed by atoms with Crippen molar-refractivity contribution >= 4 is 0 Å². The lowest BCUT2D eigenvalue weighted by atomic mass is 10.1. The van der Waals surface area contributed by atoms with E-state index in [1.165, 1.54) is 0 Å². The largest absolute Gasteiger partial charge is 0.374 e. The van der Waals surface area contributed by atoms with Gasteiger partial charge >= 0.3 is 0 Å². The maximum absolute atomic E-state index is 9.09. The molecule has 0 spiro atoms. The first-order valence-electron chi connectivity index (χ1n) is 3.38. The lowest BCUT2D eigenvalue weighted by Gasteiger charge is -2.01. The zero-order valence-corrected chi connectivity index (χ0v) is 6.28. The summed E-state index contributed by atoms with van der Waals surface area (Å²) >= 11 is 0. The standard InChI is InChI=1S/C9H9NO/c1-7-3-2-4-8(5-7)9(11)6-10/h2-5,9,11H,1H3/t9-/m0/s1. The van der Waals surface area contributed by atoms with Crippen LogP contribution in [-0.4, -0.2) is 5.11 Å². The van der Waals surface area contributed by atoms with E-state index in [1.54, 1.807) is 18.2 Å². The van der Waals surface area contributed by atoms with E-state index in [4.69, 9.17) is 10.4 Å². The topological polar surface area (TPSA) is 44.0 Å². The Hall–Kier alpha value is -1.33. The normalized spacial score (nSPS) is 12.1. The fraction of sp³-hybridized carbons (Fsp3) is 0.222. The number of nitriles is 1. The number of nitrogens with zero attached hydrogens (tertiary/aromatic N) is 1. The second-order valence-corrected chi connectivity index (χ2v) is 2.45. The van der Waals surface area contributed by atoms with E-state index >= 15 is 0 Å². The Labute approximate surface area is 65.7 Å². The van der Waals surface area contributed by atoms with Crippen molar-refractivity contribution in [3.05, 3.63) is 35.4 Å². The highest BCUT2D eigenvalue weighted by Crippen LogP contribution is 2.12. The number of hydrogen-bond acceptors (Lipinski definition) is 2. The quantitative estimate of drug-likeness (QED) is 0.612. The van der Waals surface area contributed by atoms with Gasteiger partial charge in [0.25, 0.3) is 0 Å². The van der Waals surface area contributed by atoms with Crippen molar-refractivity contribution in [1.29, 1.82) is 5.26 Å². The molecule has 0 fully saturated rings. The molecule has 0 saturated carbocycles. The highest BCUT2D eigenvalue weighted by atomic mass is 16.3. The molecule has 1 rings (SSSR count). The first-order valence-corrected chi connectivity index (χ1v) is 3.38. The van der Waals surface area contributed by atoms with Crippen molar-refractivity contribution < 1.29 is 5.11 Å². The van der Waals surface area contributed by atoms with Crippen molar-refractivity contribution in [2.75, 3.05) is 0 Å². The van der Waals surface area contributed by atoms with E-state index in [1.807, 2.05) is 19.1 Å². The summed E-state index contributed by atoms with van der Waals surface area (Å²) in [5.41, 5.74) is 1.71. The summed E-state index contributed by atoms with van der Waals surface area (Å²) in [6, 6.07) is 9.05. The molecule has 0 aliphatic carbocycles. The Kier molecular flexibility index (Phi) is 2.25. The Morgan fingerprint density at radius 3 is 2.82 bits per heavy atom. The predicted molar refractivity (Wildman–Crippen MR) is 41.8 cm³/mol. The number of benzene rings is 1.